The molecule has 0 amide bonds. The third kappa shape index (κ3) is 2.30. The number of hydrogen-bond donors (Lipinski definition) is 0. The molecule has 0 aliphatic heterocycles. The lowest BCUT2D eigenvalue weighted by molar-refractivity contribution is 0.112. The van der Waals surface area contributed by atoms with E-state index in [4.69, 9.17) is 0 Å². The van der Waals surface area contributed by atoms with Crippen LogP contribution in [0.4, 0.5) is 14.5 Å². The number of carbonyl (C=O) groups excluding carboxylic acids is 1. The normalized spacial score (nSPS) is 16.7. The summed E-state index contributed by atoms with van der Waals surface area (Å²) >= 11 is 0. The summed E-state index contributed by atoms with van der Waals surface area (Å²) in [5.74, 6) is -0.839. The number of rotatable bonds is 4. The van der Waals surface area contributed by atoms with E-state index in [2.05, 4.69) is 0 Å². The van der Waals surface area contributed by atoms with Gasteiger partial charge in [0.25, 0.3) is 0 Å². The zero-order valence-corrected chi connectivity index (χ0v) is 9.91. The molecule has 92 valence electrons. The van der Waals surface area contributed by atoms with Crippen molar-refractivity contribution in [2.75, 3.05) is 11.9 Å². The molecule has 17 heavy (non-hydrogen) atoms. The second-order valence-corrected chi connectivity index (χ2v) is 4.64. The number of aldehydes is 1. The summed E-state index contributed by atoms with van der Waals surface area (Å²) in [6.07, 6.45) is 2.67. The summed E-state index contributed by atoms with van der Waals surface area (Å²) in [6.45, 7) is 1.96. The van der Waals surface area contributed by atoms with Crippen molar-refractivity contribution < 1.29 is 13.6 Å². The van der Waals surface area contributed by atoms with Gasteiger partial charge in [0.2, 0.25) is 0 Å². The molecule has 1 aromatic rings. The molecule has 0 bridgehead atoms. The van der Waals surface area contributed by atoms with Crippen LogP contribution in [0.2, 0.25) is 0 Å². The van der Waals surface area contributed by atoms with Crippen molar-refractivity contribution in [3.63, 3.8) is 0 Å². The summed E-state index contributed by atoms with van der Waals surface area (Å²) in [7, 11) is 1.69. The number of carbonyl (C=O) groups is 1. The standard InChI is InChI=1S/C13H15F2NO/c1-8(10-3-4-10)16(2)13-11(14)5-9(7-17)6-12(13)15/h5-8,10H,3-4H2,1-2H3. The van der Waals surface area contributed by atoms with Crippen LogP contribution >= 0.6 is 0 Å². The highest BCUT2D eigenvalue weighted by Crippen LogP contribution is 2.37. The largest absolute Gasteiger partial charge is 0.367 e. The van der Waals surface area contributed by atoms with E-state index in [1.54, 1.807) is 11.9 Å². The SMILES string of the molecule is CC(C1CC1)N(C)c1c(F)cc(C=O)cc1F. The van der Waals surface area contributed by atoms with E-state index in [1.807, 2.05) is 6.92 Å². The molecule has 1 unspecified atom stereocenters. The fraction of sp³-hybridized carbons (Fsp3) is 0.462. The fourth-order valence-corrected chi connectivity index (χ4v) is 2.09. The van der Waals surface area contributed by atoms with Gasteiger partial charge >= 0.3 is 0 Å². The first kappa shape index (κ1) is 12.0. The van der Waals surface area contributed by atoms with Crippen molar-refractivity contribution in [2.45, 2.75) is 25.8 Å². The monoisotopic (exact) mass is 239 g/mol. The lowest BCUT2D eigenvalue weighted by Gasteiger charge is -2.27. The van der Waals surface area contributed by atoms with Crippen molar-refractivity contribution in [3.05, 3.63) is 29.3 Å². The molecule has 0 radical (unpaired) electrons. The van der Waals surface area contributed by atoms with E-state index in [0.717, 1.165) is 25.0 Å². The van der Waals surface area contributed by atoms with E-state index in [-0.39, 0.29) is 17.3 Å². The summed E-state index contributed by atoms with van der Waals surface area (Å²) in [6, 6.07) is 2.25. The highest BCUT2D eigenvalue weighted by Gasteiger charge is 2.32. The molecule has 1 aliphatic carbocycles. The Labute approximate surface area is 99.2 Å². The highest BCUT2D eigenvalue weighted by molar-refractivity contribution is 5.76. The van der Waals surface area contributed by atoms with Crippen LogP contribution in [0.1, 0.15) is 30.1 Å². The van der Waals surface area contributed by atoms with Crippen LogP contribution in [-0.2, 0) is 0 Å². The first-order valence-corrected chi connectivity index (χ1v) is 5.71. The van der Waals surface area contributed by atoms with Gasteiger partial charge < -0.3 is 4.90 Å². The Kier molecular flexibility index (Phi) is 3.13. The predicted molar refractivity (Wildman–Crippen MR) is 62.3 cm³/mol. The zero-order chi connectivity index (χ0) is 12.6. The van der Waals surface area contributed by atoms with Crippen molar-refractivity contribution in [1.29, 1.82) is 0 Å². The Bertz CT molecular complexity index is 420. The molecule has 0 aromatic heterocycles. The summed E-state index contributed by atoms with van der Waals surface area (Å²) in [5, 5.41) is 0. The smallest absolute Gasteiger partial charge is 0.150 e. The minimum absolute atomic E-state index is 0.0243. The molecule has 4 heteroatoms. The second kappa shape index (κ2) is 4.43. The molecule has 2 nitrogen and oxygen atoms in total. The van der Waals surface area contributed by atoms with E-state index < -0.39 is 11.6 Å². The number of halogens is 2. The van der Waals surface area contributed by atoms with Crippen LogP contribution in [0, 0.1) is 17.6 Å². The molecule has 1 fully saturated rings. The second-order valence-electron chi connectivity index (χ2n) is 4.64. The molecule has 2 rings (SSSR count). The first-order chi connectivity index (χ1) is 8.04. The van der Waals surface area contributed by atoms with Crippen LogP contribution in [0.3, 0.4) is 0 Å². The van der Waals surface area contributed by atoms with E-state index in [9.17, 15) is 13.6 Å². The Balaban J connectivity index is 2.33. The molecule has 1 atom stereocenters. The van der Waals surface area contributed by atoms with Gasteiger partial charge in [-0.05, 0) is 37.8 Å². The molecule has 1 aromatic carbocycles. The van der Waals surface area contributed by atoms with Gasteiger partial charge in [-0.2, -0.15) is 0 Å². The van der Waals surface area contributed by atoms with Gasteiger partial charge in [-0.1, -0.05) is 0 Å². The van der Waals surface area contributed by atoms with Crippen molar-refractivity contribution in [2.24, 2.45) is 5.92 Å². The molecular weight excluding hydrogens is 224 g/mol. The molecule has 0 spiro atoms. The zero-order valence-electron chi connectivity index (χ0n) is 9.91. The Morgan fingerprint density at radius 1 is 1.35 bits per heavy atom. The fourth-order valence-electron chi connectivity index (χ4n) is 2.09. The predicted octanol–water partition coefficient (Wildman–Crippen LogP) is 3.01. The van der Waals surface area contributed by atoms with Gasteiger partial charge in [0.05, 0.1) is 0 Å². The molecule has 1 aliphatic rings. The van der Waals surface area contributed by atoms with E-state index >= 15 is 0 Å². The van der Waals surface area contributed by atoms with Crippen molar-refractivity contribution in [1.82, 2.24) is 0 Å². The quantitative estimate of drug-likeness (QED) is 0.753. The molecule has 0 saturated heterocycles. The van der Waals surface area contributed by atoms with Gasteiger partial charge in [-0.25, -0.2) is 8.78 Å². The van der Waals surface area contributed by atoms with Gasteiger partial charge in [0.1, 0.15) is 23.6 Å². The third-order valence-electron chi connectivity index (χ3n) is 3.44. The van der Waals surface area contributed by atoms with Crippen LogP contribution in [0.5, 0.6) is 0 Å². The minimum Gasteiger partial charge on any atom is -0.367 e. The van der Waals surface area contributed by atoms with Gasteiger partial charge in [-0.15, -0.1) is 0 Å². The maximum absolute atomic E-state index is 13.8. The molecule has 0 heterocycles. The van der Waals surface area contributed by atoms with E-state index in [0.29, 0.717) is 12.2 Å². The first-order valence-electron chi connectivity index (χ1n) is 5.71. The van der Waals surface area contributed by atoms with Gasteiger partial charge in [-0.3, -0.25) is 4.79 Å². The van der Waals surface area contributed by atoms with Crippen LogP contribution < -0.4 is 4.90 Å². The van der Waals surface area contributed by atoms with Crippen LogP contribution in [-0.4, -0.2) is 19.4 Å². The number of hydrogen-bond acceptors (Lipinski definition) is 2. The van der Waals surface area contributed by atoms with Gasteiger partial charge in [0, 0.05) is 18.7 Å². The van der Waals surface area contributed by atoms with Crippen LogP contribution in [0.25, 0.3) is 0 Å². The van der Waals surface area contributed by atoms with Gasteiger partial charge in [0.15, 0.2) is 0 Å². The maximum Gasteiger partial charge on any atom is 0.150 e. The lowest BCUT2D eigenvalue weighted by Crippen LogP contribution is -2.32. The topological polar surface area (TPSA) is 20.3 Å². The third-order valence-corrected chi connectivity index (χ3v) is 3.44. The van der Waals surface area contributed by atoms with Crippen LogP contribution in [0.15, 0.2) is 12.1 Å². The average Bonchev–Trinajstić information content (AvgIpc) is 3.10. The molecular formula is C13H15F2NO. The summed E-state index contributed by atoms with van der Waals surface area (Å²) in [4.78, 5) is 12.1. The number of anilines is 1. The average molecular weight is 239 g/mol. The lowest BCUT2D eigenvalue weighted by atomic mass is 10.1. The van der Waals surface area contributed by atoms with Crippen molar-refractivity contribution in [3.8, 4) is 0 Å². The maximum atomic E-state index is 13.8. The number of nitrogens with zero attached hydrogens (tertiary/aromatic N) is 1. The summed E-state index contributed by atoms with van der Waals surface area (Å²) < 4.78 is 27.5. The minimum atomic E-state index is -0.679. The van der Waals surface area contributed by atoms with Crippen molar-refractivity contribution >= 4 is 12.0 Å². The Hall–Kier alpha value is -1.45. The highest BCUT2D eigenvalue weighted by atomic mass is 19.1. The summed E-state index contributed by atoms with van der Waals surface area (Å²) in [5.41, 5.74) is -0.0220. The Morgan fingerprint density at radius 3 is 2.29 bits per heavy atom. The van der Waals surface area contributed by atoms with E-state index in [1.165, 1.54) is 0 Å². The number of benzene rings is 1. The Morgan fingerprint density at radius 2 is 1.88 bits per heavy atom. The molecule has 1 saturated carbocycles. The molecule has 0 N–H and O–H groups in total.